The third-order valence-corrected chi connectivity index (χ3v) is 7.05. The topological polar surface area (TPSA) is 75.3 Å². The van der Waals surface area contributed by atoms with Gasteiger partial charge < -0.3 is 5.32 Å². The number of hydrogen-bond donors (Lipinski definition) is 2. The molecule has 1 saturated carbocycles. The maximum Gasteiger partial charge on any atom is 0.257 e. The first-order valence-electron chi connectivity index (χ1n) is 8.84. The van der Waals surface area contributed by atoms with Crippen molar-refractivity contribution in [1.29, 1.82) is 0 Å². The average molecular weight is 490 g/mol. The fourth-order valence-electron chi connectivity index (χ4n) is 3.13. The second-order valence-corrected chi connectivity index (χ2v) is 9.66. The molecule has 2 N–H and O–H groups in total. The number of sulfonamides is 1. The highest BCUT2D eigenvalue weighted by atomic mass is 79.9. The van der Waals surface area contributed by atoms with Crippen LogP contribution in [-0.4, -0.2) is 20.4 Å². The van der Waals surface area contributed by atoms with E-state index in [-0.39, 0.29) is 26.0 Å². The van der Waals surface area contributed by atoms with Gasteiger partial charge in [-0.25, -0.2) is 17.5 Å². The minimum Gasteiger partial charge on any atom is -0.322 e. The van der Waals surface area contributed by atoms with E-state index in [2.05, 4.69) is 26.0 Å². The van der Waals surface area contributed by atoms with Gasteiger partial charge in [0, 0.05) is 11.7 Å². The van der Waals surface area contributed by atoms with Crippen molar-refractivity contribution < 1.29 is 17.6 Å². The number of nitrogens with one attached hydrogen (secondary N) is 2. The van der Waals surface area contributed by atoms with E-state index in [9.17, 15) is 17.6 Å². The lowest BCUT2D eigenvalue weighted by Gasteiger charge is -2.22. The van der Waals surface area contributed by atoms with Gasteiger partial charge in [-0.2, -0.15) is 0 Å². The molecule has 0 atom stereocenters. The van der Waals surface area contributed by atoms with Crippen molar-refractivity contribution in [1.82, 2.24) is 4.72 Å². The summed E-state index contributed by atoms with van der Waals surface area (Å²) in [5, 5.41) is 2.71. The third kappa shape index (κ3) is 5.11. The van der Waals surface area contributed by atoms with E-state index < -0.39 is 21.7 Å². The molecule has 2 aromatic carbocycles. The molecule has 1 aliphatic carbocycles. The number of carbonyl (C=O) groups is 1. The zero-order valence-corrected chi connectivity index (χ0v) is 18.0. The molecule has 1 fully saturated rings. The van der Waals surface area contributed by atoms with E-state index in [1.807, 2.05) is 0 Å². The maximum absolute atomic E-state index is 13.3. The van der Waals surface area contributed by atoms with Gasteiger partial charge in [-0.15, -0.1) is 0 Å². The summed E-state index contributed by atoms with van der Waals surface area (Å²) < 4.78 is 41.6. The van der Waals surface area contributed by atoms with Gasteiger partial charge in [0.15, 0.2) is 0 Å². The monoisotopic (exact) mass is 488 g/mol. The number of hydrogen-bond acceptors (Lipinski definition) is 3. The maximum atomic E-state index is 13.3. The number of amides is 1. The molecule has 0 heterocycles. The quantitative estimate of drug-likeness (QED) is 0.613. The minimum absolute atomic E-state index is 0.0205. The molecule has 0 saturated heterocycles. The summed E-state index contributed by atoms with van der Waals surface area (Å²) >= 11 is 9.16. The Bertz CT molecular complexity index is 995. The summed E-state index contributed by atoms with van der Waals surface area (Å²) in [5.41, 5.74) is 0.372. The Kier molecular flexibility index (Phi) is 6.75. The molecule has 1 aliphatic rings. The molecule has 9 heteroatoms. The summed E-state index contributed by atoms with van der Waals surface area (Å²) in [6.45, 7) is 0. The number of rotatable bonds is 5. The molecule has 28 heavy (non-hydrogen) atoms. The normalized spacial score (nSPS) is 15.4. The van der Waals surface area contributed by atoms with Gasteiger partial charge in [0.05, 0.1) is 20.0 Å². The summed E-state index contributed by atoms with van der Waals surface area (Å²) in [5.74, 6) is -1.05. The van der Waals surface area contributed by atoms with E-state index in [1.54, 1.807) is 0 Å². The lowest BCUT2D eigenvalue weighted by molar-refractivity contribution is 0.102. The van der Waals surface area contributed by atoms with Gasteiger partial charge in [-0.1, -0.05) is 30.9 Å². The molecule has 150 valence electrons. The Labute approximate surface area is 176 Å². The van der Waals surface area contributed by atoms with Crippen LogP contribution in [-0.2, 0) is 10.0 Å². The second-order valence-electron chi connectivity index (χ2n) is 6.68. The van der Waals surface area contributed by atoms with Crippen molar-refractivity contribution in [3.05, 3.63) is 57.3 Å². The van der Waals surface area contributed by atoms with Crippen molar-refractivity contribution in [2.75, 3.05) is 5.32 Å². The first kappa shape index (κ1) is 21.2. The number of benzene rings is 2. The van der Waals surface area contributed by atoms with Crippen LogP contribution in [0.4, 0.5) is 10.1 Å². The Hall–Kier alpha value is -1.48. The van der Waals surface area contributed by atoms with Gasteiger partial charge in [0.1, 0.15) is 5.82 Å². The molecular formula is C19H19BrClFN2O3S. The highest BCUT2D eigenvalue weighted by Crippen LogP contribution is 2.25. The first-order chi connectivity index (χ1) is 13.3. The zero-order chi connectivity index (χ0) is 20.3. The molecular weight excluding hydrogens is 471 g/mol. The number of halogens is 3. The highest BCUT2D eigenvalue weighted by molar-refractivity contribution is 9.10. The van der Waals surface area contributed by atoms with E-state index >= 15 is 0 Å². The number of anilines is 1. The van der Waals surface area contributed by atoms with Gasteiger partial charge in [0.2, 0.25) is 10.0 Å². The second kappa shape index (κ2) is 8.90. The molecule has 0 bridgehead atoms. The van der Waals surface area contributed by atoms with Crippen LogP contribution in [0.1, 0.15) is 42.5 Å². The van der Waals surface area contributed by atoms with Crippen LogP contribution < -0.4 is 10.0 Å². The summed E-state index contributed by atoms with van der Waals surface area (Å²) in [6.07, 6.45) is 4.71. The van der Waals surface area contributed by atoms with Gasteiger partial charge in [-0.3, -0.25) is 4.79 Å². The van der Waals surface area contributed by atoms with Crippen LogP contribution in [0, 0.1) is 5.82 Å². The zero-order valence-electron chi connectivity index (χ0n) is 14.8. The predicted molar refractivity (Wildman–Crippen MR) is 111 cm³/mol. The molecule has 3 rings (SSSR count). The van der Waals surface area contributed by atoms with Gasteiger partial charge >= 0.3 is 0 Å². The molecule has 1 amide bonds. The average Bonchev–Trinajstić information content (AvgIpc) is 2.65. The first-order valence-corrected chi connectivity index (χ1v) is 11.5. The molecule has 2 aromatic rings. The van der Waals surface area contributed by atoms with Crippen molar-refractivity contribution in [2.24, 2.45) is 0 Å². The Balaban J connectivity index is 1.81. The highest BCUT2D eigenvalue weighted by Gasteiger charge is 2.23. The van der Waals surface area contributed by atoms with Crippen LogP contribution in [0.5, 0.6) is 0 Å². The third-order valence-electron chi connectivity index (χ3n) is 4.60. The van der Waals surface area contributed by atoms with Gasteiger partial charge in [-0.05, 0) is 65.2 Å². The van der Waals surface area contributed by atoms with E-state index in [0.29, 0.717) is 5.69 Å². The van der Waals surface area contributed by atoms with Crippen molar-refractivity contribution in [3.8, 4) is 0 Å². The fourth-order valence-corrected chi connectivity index (χ4v) is 5.04. The predicted octanol–water partition coefficient (Wildman–Crippen LogP) is 5.10. The summed E-state index contributed by atoms with van der Waals surface area (Å²) in [6, 6.07) is 7.93. The minimum atomic E-state index is -3.76. The number of carbonyl (C=O) groups excluding carboxylic acids is 1. The Morgan fingerprint density at radius 2 is 1.82 bits per heavy atom. The Morgan fingerprint density at radius 1 is 1.11 bits per heavy atom. The molecule has 0 aliphatic heterocycles. The lowest BCUT2D eigenvalue weighted by atomic mass is 9.96. The van der Waals surface area contributed by atoms with Gasteiger partial charge in [0.25, 0.3) is 5.91 Å². The van der Waals surface area contributed by atoms with E-state index in [4.69, 9.17) is 11.6 Å². The molecule has 0 aromatic heterocycles. The van der Waals surface area contributed by atoms with Crippen molar-refractivity contribution in [3.63, 3.8) is 0 Å². The summed E-state index contributed by atoms with van der Waals surface area (Å²) in [4.78, 5) is 12.6. The molecule has 0 spiro atoms. The van der Waals surface area contributed by atoms with Crippen molar-refractivity contribution in [2.45, 2.75) is 43.0 Å². The van der Waals surface area contributed by atoms with Crippen LogP contribution in [0.25, 0.3) is 0 Å². The van der Waals surface area contributed by atoms with E-state index in [0.717, 1.165) is 32.1 Å². The largest absolute Gasteiger partial charge is 0.322 e. The van der Waals surface area contributed by atoms with Crippen molar-refractivity contribution >= 4 is 49.1 Å². The van der Waals surface area contributed by atoms with Crippen LogP contribution in [0.2, 0.25) is 5.02 Å². The molecule has 5 nitrogen and oxygen atoms in total. The van der Waals surface area contributed by atoms with Crippen LogP contribution in [0.15, 0.2) is 45.8 Å². The molecule has 0 radical (unpaired) electrons. The standard InChI is InChI=1S/C19H19BrClFN2O3S/c20-16-10-13(6-9-18(16)22)23-19(25)15-11-14(7-8-17(15)21)28(26,27)24-12-4-2-1-3-5-12/h6-12,24H,1-5H2,(H,23,25). The smallest absolute Gasteiger partial charge is 0.257 e. The van der Waals surface area contributed by atoms with E-state index in [1.165, 1.54) is 36.4 Å². The lowest BCUT2D eigenvalue weighted by Crippen LogP contribution is -2.36. The Morgan fingerprint density at radius 3 is 2.50 bits per heavy atom. The fraction of sp³-hybridized carbons (Fsp3) is 0.316. The van der Waals surface area contributed by atoms with Crippen LogP contribution >= 0.6 is 27.5 Å². The van der Waals surface area contributed by atoms with Crippen LogP contribution in [0.3, 0.4) is 0 Å². The summed E-state index contributed by atoms with van der Waals surface area (Å²) in [7, 11) is -3.76. The molecule has 0 unspecified atom stereocenters. The SMILES string of the molecule is O=C(Nc1ccc(F)c(Br)c1)c1cc(S(=O)(=O)NC2CCCCC2)ccc1Cl.